The number of likely N-dealkylation sites (tertiary alicyclic amines) is 1. The first-order valence-electron chi connectivity index (χ1n) is 5.57. The summed E-state index contributed by atoms with van der Waals surface area (Å²) in [4.78, 5) is 16.9. The zero-order valence-corrected chi connectivity index (χ0v) is 11.0. The average molecular weight is 299 g/mol. The van der Waals surface area contributed by atoms with Crippen LogP contribution in [-0.4, -0.2) is 35.0 Å². The minimum absolute atomic E-state index is 0.329. The summed E-state index contributed by atoms with van der Waals surface area (Å²) in [5.41, 5.74) is 5.23. The Hall–Kier alpha value is -1.30. The number of urea groups is 1. The lowest BCUT2D eigenvalue weighted by molar-refractivity contribution is 0.193. The first-order chi connectivity index (χ1) is 8.15. The van der Waals surface area contributed by atoms with E-state index in [-0.39, 0.29) is 6.03 Å². The zero-order chi connectivity index (χ0) is 12.3. The van der Waals surface area contributed by atoms with Crippen molar-refractivity contribution in [2.24, 2.45) is 5.73 Å². The molecular weight excluding hydrogens is 284 g/mol. The van der Waals surface area contributed by atoms with Gasteiger partial charge in [0.25, 0.3) is 0 Å². The van der Waals surface area contributed by atoms with Gasteiger partial charge in [0.05, 0.1) is 0 Å². The number of nitrogens with two attached hydrogens (primary N) is 1. The molecular formula is C11H15BrN4O. The van der Waals surface area contributed by atoms with Crippen molar-refractivity contribution < 1.29 is 4.79 Å². The van der Waals surface area contributed by atoms with Crippen molar-refractivity contribution in [1.29, 1.82) is 0 Å². The molecule has 2 amide bonds. The summed E-state index contributed by atoms with van der Waals surface area (Å²) < 4.78 is 0.964. The third kappa shape index (κ3) is 3.33. The Balaban J connectivity index is 1.85. The van der Waals surface area contributed by atoms with Crippen molar-refractivity contribution >= 4 is 27.8 Å². The number of nitrogens with one attached hydrogen (secondary N) is 1. The average Bonchev–Trinajstić information content (AvgIpc) is 2.33. The van der Waals surface area contributed by atoms with Gasteiger partial charge in [-0.05, 0) is 40.9 Å². The smallest absolute Gasteiger partial charge is 0.314 e. The normalized spacial score (nSPS) is 16.9. The molecule has 6 heteroatoms. The lowest BCUT2D eigenvalue weighted by Crippen LogP contribution is -2.44. The fourth-order valence-corrected chi connectivity index (χ4v) is 2.15. The van der Waals surface area contributed by atoms with Crippen LogP contribution in [0.1, 0.15) is 12.8 Å². The highest BCUT2D eigenvalue weighted by Crippen LogP contribution is 2.16. The third-order valence-corrected chi connectivity index (χ3v) is 3.36. The predicted molar refractivity (Wildman–Crippen MR) is 69.7 cm³/mol. The molecule has 0 saturated carbocycles. The number of hydrogen-bond donors (Lipinski definition) is 2. The number of carbonyl (C=O) groups is 1. The van der Waals surface area contributed by atoms with Gasteiger partial charge in [-0.25, -0.2) is 9.78 Å². The van der Waals surface area contributed by atoms with E-state index >= 15 is 0 Å². The van der Waals surface area contributed by atoms with Crippen LogP contribution < -0.4 is 11.1 Å². The summed E-state index contributed by atoms with van der Waals surface area (Å²) in [6.45, 7) is 1.42. The summed E-state index contributed by atoms with van der Waals surface area (Å²) >= 11 is 3.35. The van der Waals surface area contributed by atoms with E-state index in [1.54, 1.807) is 11.1 Å². The molecule has 1 saturated heterocycles. The van der Waals surface area contributed by atoms with Crippen molar-refractivity contribution in [2.45, 2.75) is 18.9 Å². The van der Waals surface area contributed by atoms with E-state index in [2.05, 4.69) is 26.2 Å². The quantitative estimate of drug-likeness (QED) is 0.874. The van der Waals surface area contributed by atoms with Crippen LogP contribution in [-0.2, 0) is 0 Å². The van der Waals surface area contributed by atoms with Crippen LogP contribution in [0.15, 0.2) is 22.8 Å². The van der Waals surface area contributed by atoms with Gasteiger partial charge in [-0.2, -0.15) is 0 Å². The fourth-order valence-electron chi connectivity index (χ4n) is 1.91. The summed E-state index contributed by atoms with van der Waals surface area (Å²) in [5, 5.41) is 3.36. The highest BCUT2D eigenvalue weighted by atomic mass is 79.9. The van der Waals surface area contributed by atoms with Crippen molar-refractivity contribution in [3.05, 3.63) is 22.8 Å². The van der Waals surface area contributed by atoms with Gasteiger partial charge in [-0.3, -0.25) is 0 Å². The number of amides is 2. The molecule has 0 bridgehead atoms. The maximum Gasteiger partial charge on any atom is 0.314 e. The SMILES string of the molecule is NC(=O)N1CCC(Nc2ccc(Br)cn2)CC1. The van der Waals surface area contributed by atoms with Crippen LogP contribution in [0.25, 0.3) is 0 Å². The van der Waals surface area contributed by atoms with Crippen molar-refractivity contribution in [3.8, 4) is 0 Å². The lowest BCUT2D eigenvalue weighted by atomic mass is 10.1. The Morgan fingerprint density at radius 1 is 1.47 bits per heavy atom. The number of nitrogens with zero attached hydrogens (tertiary/aromatic N) is 2. The number of anilines is 1. The molecule has 1 aliphatic heterocycles. The van der Waals surface area contributed by atoms with Gasteiger partial charge in [-0.1, -0.05) is 0 Å². The molecule has 3 N–H and O–H groups in total. The maximum absolute atomic E-state index is 11.0. The number of hydrogen-bond acceptors (Lipinski definition) is 3. The second-order valence-electron chi connectivity index (χ2n) is 4.11. The van der Waals surface area contributed by atoms with E-state index in [0.29, 0.717) is 19.1 Å². The number of aromatic nitrogens is 1. The highest BCUT2D eigenvalue weighted by Gasteiger charge is 2.20. The molecule has 1 aromatic heterocycles. The topological polar surface area (TPSA) is 71.2 Å². The van der Waals surface area contributed by atoms with Crippen LogP contribution in [0.2, 0.25) is 0 Å². The molecule has 1 aliphatic rings. The Bertz CT molecular complexity index is 387. The first-order valence-corrected chi connectivity index (χ1v) is 6.37. The Morgan fingerprint density at radius 2 is 2.18 bits per heavy atom. The molecule has 17 heavy (non-hydrogen) atoms. The summed E-state index contributed by atoms with van der Waals surface area (Å²) in [6, 6.07) is 3.92. The molecule has 0 aliphatic carbocycles. The van der Waals surface area contributed by atoms with Gasteiger partial charge in [0.2, 0.25) is 0 Å². The van der Waals surface area contributed by atoms with Crippen molar-refractivity contribution in [3.63, 3.8) is 0 Å². The molecule has 2 rings (SSSR count). The van der Waals surface area contributed by atoms with Crippen molar-refractivity contribution in [2.75, 3.05) is 18.4 Å². The molecule has 0 radical (unpaired) electrons. The number of rotatable bonds is 2. The van der Waals surface area contributed by atoms with Crippen LogP contribution in [0.5, 0.6) is 0 Å². The summed E-state index contributed by atoms with van der Waals surface area (Å²) in [7, 11) is 0. The molecule has 1 aromatic rings. The monoisotopic (exact) mass is 298 g/mol. The van der Waals surface area contributed by atoms with Crippen LogP contribution in [0.4, 0.5) is 10.6 Å². The second-order valence-corrected chi connectivity index (χ2v) is 5.02. The number of piperidine rings is 1. The minimum Gasteiger partial charge on any atom is -0.367 e. The van der Waals surface area contributed by atoms with Gasteiger partial charge in [0.1, 0.15) is 5.82 Å². The number of pyridine rings is 1. The molecule has 0 spiro atoms. The van der Waals surface area contributed by atoms with E-state index in [4.69, 9.17) is 5.73 Å². The molecule has 5 nitrogen and oxygen atoms in total. The first kappa shape index (κ1) is 12.2. The maximum atomic E-state index is 11.0. The lowest BCUT2D eigenvalue weighted by Gasteiger charge is -2.31. The van der Waals surface area contributed by atoms with E-state index < -0.39 is 0 Å². The number of halogens is 1. The molecule has 1 fully saturated rings. The van der Waals surface area contributed by atoms with Gasteiger partial charge in [-0.15, -0.1) is 0 Å². The van der Waals surface area contributed by atoms with E-state index in [0.717, 1.165) is 23.1 Å². The van der Waals surface area contributed by atoms with Gasteiger partial charge < -0.3 is 16.0 Å². The second kappa shape index (κ2) is 5.35. The number of carbonyl (C=O) groups excluding carboxylic acids is 1. The predicted octanol–water partition coefficient (Wildman–Crippen LogP) is 1.80. The Labute approximate surface area is 109 Å². The molecule has 0 unspecified atom stereocenters. The summed E-state index contributed by atoms with van der Waals surface area (Å²) in [5.74, 6) is 0.866. The van der Waals surface area contributed by atoms with Crippen LogP contribution in [0, 0.1) is 0 Å². The standard InChI is InChI=1S/C11H15BrN4O/c12-8-1-2-10(14-7-8)15-9-3-5-16(6-4-9)11(13)17/h1-2,7,9H,3-6H2,(H2,13,17)(H,14,15). The van der Waals surface area contributed by atoms with Gasteiger partial charge in [0, 0.05) is 29.8 Å². The molecule has 0 atom stereocenters. The Kier molecular flexibility index (Phi) is 3.83. The fraction of sp³-hybridized carbons (Fsp3) is 0.455. The minimum atomic E-state index is -0.329. The molecule has 92 valence electrons. The van der Waals surface area contributed by atoms with E-state index in [1.165, 1.54) is 0 Å². The highest BCUT2D eigenvalue weighted by molar-refractivity contribution is 9.10. The van der Waals surface area contributed by atoms with Crippen molar-refractivity contribution in [1.82, 2.24) is 9.88 Å². The molecule has 2 heterocycles. The van der Waals surface area contributed by atoms with E-state index in [1.807, 2.05) is 12.1 Å². The number of primary amides is 1. The van der Waals surface area contributed by atoms with Crippen LogP contribution >= 0.6 is 15.9 Å². The van der Waals surface area contributed by atoms with Gasteiger partial charge in [0.15, 0.2) is 0 Å². The zero-order valence-electron chi connectivity index (χ0n) is 9.40. The largest absolute Gasteiger partial charge is 0.367 e. The van der Waals surface area contributed by atoms with E-state index in [9.17, 15) is 4.79 Å². The Morgan fingerprint density at radius 3 is 2.71 bits per heavy atom. The van der Waals surface area contributed by atoms with Gasteiger partial charge >= 0.3 is 6.03 Å². The third-order valence-electron chi connectivity index (χ3n) is 2.89. The van der Waals surface area contributed by atoms with Crippen LogP contribution in [0.3, 0.4) is 0 Å². The molecule has 0 aromatic carbocycles. The summed E-state index contributed by atoms with van der Waals surface area (Å²) in [6.07, 6.45) is 3.57.